The standard InChI is InChI=1S/C24H38O9.C21H36O8/c1-8-21(25)31-18(5)12-28-15-24(11-4,16-29-13-19(6)32-22(26)9-2)17-30-14-20(7)33-23(27)10-3;1-7-19(23)28-17(5)11-26-14-21(9-3,13-25-10-16(4)22)15-27-12-18(6)29-20(24)8-2/h8-10,18-20H,1-3,11-17H2,4-7H3;7-8,16-18,22H,1-2,9-15H2,3-6H3. The van der Waals surface area contributed by atoms with Crippen LogP contribution in [0.4, 0.5) is 0 Å². The lowest BCUT2D eigenvalue weighted by atomic mass is 9.88. The summed E-state index contributed by atoms with van der Waals surface area (Å²) >= 11 is 0. The van der Waals surface area contributed by atoms with Crippen LogP contribution >= 0.6 is 0 Å². The maximum atomic E-state index is 11.3. The molecule has 6 unspecified atom stereocenters. The molecule has 17 heteroatoms. The maximum absolute atomic E-state index is 11.3. The molecule has 0 aliphatic heterocycles. The van der Waals surface area contributed by atoms with Crippen molar-refractivity contribution in [3.05, 3.63) is 63.3 Å². The Kier molecular flexibility index (Phi) is 34.0. The third-order valence-corrected chi connectivity index (χ3v) is 8.49. The molecular weight excluding hydrogens is 812 g/mol. The molecule has 0 fully saturated rings. The van der Waals surface area contributed by atoms with Crippen LogP contribution < -0.4 is 0 Å². The van der Waals surface area contributed by atoms with E-state index in [-0.39, 0.29) is 59.5 Å². The monoisotopic (exact) mass is 886 g/mol. The van der Waals surface area contributed by atoms with Gasteiger partial charge in [-0.3, -0.25) is 0 Å². The quantitative estimate of drug-likeness (QED) is 0.0508. The highest BCUT2D eigenvalue weighted by Gasteiger charge is 2.32. The molecule has 0 aliphatic rings. The molecule has 62 heavy (non-hydrogen) atoms. The lowest BCUT2D eigenvalue weighted by Crippen LogP contribution is -2.39. The van der Waals surface area contributed by atoms with E-state index in [1.807, 2.05) is 13.8 Å². The Hall–Kier alpha value is -4.23. The minimum Gasteiger partial charge on any atom is -0.457 e. The first kappa shape index (κ1) is 59.9. The number of hydrogen-bond donors (Lipinski definition) is 1. The first-order valence-electron chi connectivity index (χ1n) is 20.6. The molecule has 0 amide bonds. The topological polar surface area (TPSA) is 207 Å². The van der Waals surface area contributed by atoms with Crippen molar-refractivity contribution < 1.29 is 81.2 Å². The molecule has 0 bridgehead atoms. The molecule has 0 saturated heterocycles. The Labute approximate surface area is 368 Å². The van der Waals surface area contributed by atoms with Crippen LogP contribution in [0.15, 0.2) is 63.3 Å². The lowest BCUT2D eigenvalue weighted by Gasteiger charge is -2.33. The molecule has 1 N–H and O–H groups in total. The van der Waals surface area contributed by atoms with Gasteiger partial charge in [-0.15, -0.1) is 0 Å². The predicted molar refractivity (Wildman–Crippen MR) is 231 cm³/mol. The van der Waals surface area contributed by atoms with Crippen molar-refractivity contribution in [2.45, 2.75) is 105 Å². The number of ether oxygens (including phenoxy) is 11. The second kappa shape index (κ2) is 35.3. The Bertz CT molecular complexity index is 1230. The molecule has 0 rings (SSSR count). The number of hydrogen-bond acceptors (Lipinski definition) is 17. The van der Waals surface area contributed by atoms with Gasteiger partial charge in [-0.05, 0) is 54.4 Å². The molecule has 0 aromatic carbocycles. The van der Waals surface area contributed by atoms with Gasteiger partial charge in [0.25, 0.3) is 0 Å². The number of rotatable bonds is 36. The Morgan fingerprint density at radius 1 is 0.403 bits per heavy atom. The van der Waals surface area contributed by atoms with Crippen LogP contribution in [0.1, 0.15) is 68.2 Å². The molecule has 0 aromatic heterocycles. The molecule has 6 atom stereocenters. The van der Waals surface area contributed by atoms with E-state index in [1.54, 1.807) is 41.5 Å². The van der Waals surface area contributed by atoms with E-state index in [4.69, 9.17) is 52.1 Å². The first-order valence-corrected chi connectivity index (χ1v) is 20.6. The van der Waals surface area contributed by atoms with Crippen molar-refractivity contribution in [1.82, 2.24) is 0 Å². The lowest BCUT2D eigenvalue weighted by molar-refractivity contribution is -0.151. The van der Waals surface area contributed by atoms with Crippen molar-refractivity contribution in [3.8, 4) is 0 Å². The van der Waals surface area contributed by atoms with Gasteiger partial charge >= 0.3 is 29.8 Å². The van der Waals surface area contributed by atoms with E-state index in [1.165, 1.54) is 0 Å². The van der Waals surface area contributed by atoms with Gasteiger partial charge in [-0.1, -0.05) is 46.7 Å². The SMILES string of the molecule is C=CC(=O)OC(C)COCC(CC)(COCC(C)O)COCC(C)OC(=O)C=C.C=CC(=O)OC(C)COCC(CC)(COCC(C)OC(=O)C=C)COCC(C)OC(=O)C=C. The average Bonchev–Trinajstić information content (AvgIpc) is 3.22. The van der Waals surface area contributed by atoms with E-state index in [2.05, 4.69) is 32.9 Å². The van der Waals surface area contributed by atoms with E-state index in [9.17, 15) is 29.1 Å². The van der Waals surface area contributed by atoms with Crippen molar-refractivity contribution in [2.24, 2.45) is 10.8 Å². The van der Waals surface area contributed by atoms with Gasteiger partial charge in [0.15, 0.2) is 0 Å². The van der Waals surface area contributed by atoms with E-state index in [0.29, 0.717) is 32.7 Å². The van der Waals surface area contributed by atoms with Crippen molar-refractivity contribution in [1.29, 1.82) is 0 Å². The van der Waals surface area contributed by atoms with E-state index >= 15 is 0 Å². The zero-order valence-corrected chi connectivity index (χ0v) is 38.3. The highest BCUT2D eigenvalue weighted by atomic mass is 16.6. The van der Waals surface area contributed by atoms with Crippen molar-refractivity contribution in [2.75, 3.05) is 79.3 Å². The van der Waals surface area contributed by atoms with Gasteiger partial charge < -0.3 is 57.2 Å². The summed E-state index contributed by atoms with van der Waals surface area (Å²) in [5.41, 5.74) is -1.01. The summed E-state index contributed by atoms with van der Waals surface area (Å²) in [5.74, 6) is -2.58. The van der Waals surface area contributed by atoms with Gasteiger partial charge in [0.1, 0.15) is 30.5 Å². The summed E-state index contributed by atoms with van der Waals surface area (Å²) < 4.78 is 60.1. The fourth-order valence-corrected chi connectivity index (χ4v) is 4.92. The van der Waals surface area contributed by atoms with Crippen molar-refractivity contribution in [3.63, 3.8) is 0 Å². The zero-order valence-electron chi connectivity index (χ0n) is 38.3. The molecule has 0 radical (unpaired) electrons. The number of carbonyl (C=O) groups excluding carboxylic acids is 5. The molecule has 17 nitrogen and oxygen atoms in total. The van der Waals surface area contributed by atoms with Crippen LogP contribution in [0.5, 0.6) is 0 Å². The first-order chi connectivity index (χ1) is 29.3. The summed E-state index contributed by atoms with van der Waals surface area (Å²) in [4.78, 5) is 56.5. The van der Waals surface area contributed by atoms with Gasteiger partial charge in [0.2, 0.25) is 0 Å². The summed E-state index contributed by atoms with van der Waals surface area (Å²) in [7, 11) is 0. The minimum absolute atomic E-state index is 0.183. The third-order valence-electron chi connectivity index (χ3n) is 8.49. The Balaban J connectivity index is 0. The Morgan fingerprint density at radius 3 is 0.726 bits per heavy atom. The zero-order chi connectivity index (χ0) is 47.6. The maximum Gasteiger partial charge on any atom is 0.330 e. The average molecular weight is 887 g/mol. The second-order valence-corrected chi connectivity index (χ2v) is 14.9. The summed E-state index contributed by atoms with van der Waals surface area (Å²) in [5, 5.41) is 9.43. The van der Waals surface area contributed by atoms with Gasteiger partial charge in [0.05, 0.1) is 85.4 Å². The molecule has 0 aliphatic carbocycles. The normalized spacial score (nSPS) is 15.7. The number of aliphatic hydroxyl groups is 1. The largest absolute Gasteiger partial charge is 0.457 e. The highest BCUT2D eigenvalue weighted by Crippen LogP contribution is 2.26. The molecular formula is C45H74O17. The number of esters is 5. The van der Waals surface area contributed by atoms with Crippen molar-refractivity contribution >= 4 is 29.8 Å². The predicted octanol–water partition coefficient (Wildman–Crippen LogP) is 4.83. The van der Waals surface area contributed by atoms with Crippen LogP contribution in [0, 0.1) is 10.8 Å². The van der Waals surface area contributed by atoms with Crippen LogP contribution in [0.3, 0.4) is 0 Å². The molecule has 0 spiro atoms. The fraction of sp³-hybridized carbons (Fsp3) is 0.667. The summed E-state index contributed by atoms with van der Waals surface area (Å²) in [6, 6.07) is 0. The van der Waals surface area contributed by atoms with Crippen LogP contribution in [-0.4, -0.2) is 151 Å². The number of carbonyl (C=O) groups is 5. The third kappa shape index (κ3) is 30.7. The molecule has 356 valence electrons. The Morgan fingerprint density at radius 2 is 0.581 bits per heavy atom. The van der Waals surface area contributed by atoms with E-state index < -0.39 is 77.3 Å². The molecule has 0 saturated carbocycles. The summed E-state index contributed by atoms with van der Waals surface area (Å²) in [6.45, 7) is 33.9. The van der Waals surface area contributed by atoms with Crippen LogP contribution in [0.25, 0.3) is 0 Å². The molecule has 0 aromatic rings. The highest BCUT2D eigenvalue weighted by molar-refractivity contribution is 5.82. The fourth-order valence-electron chi connectivity index (χ4n) is 4.92. The second-order valence-electron chi connectivity index (χ2n) is 14.9. The van der Waals surface area contributed by atoms with Crippen LogP contribution in [-0.2, 0) is 76.1 Å². The van der Waals surface area contributed by atoms with Gasteiger partial charge in [-0.2, -0.15) is 0 Å². The smallest absolute Gasteiger partial charge is 0.330 e. The van der Waals surface area contributed by atoms with E-state index in [0.717, 1.165) is 30.4 Å². The van der Waals surface area contributed by atoms with Crippen LogP contribution in [0.2, 0.25) is 0 Å². The summed E-state index contributed by atoms with van der Waals surface area (Å²) in [6.07, 6.45) is 4.03. The van der Waals surface area contributed by atoms with Gasteiger partial charge in [0, 0.05) is 41.2 Å². The minimum atomic E-state index is -0.580. The number of aliphatic hydroxyl groups excluding tert-OH is 1. The van der Waals surface area contributed by atoms with Gasteiger partial charge in [-0.25, -0.2) is 24.0 Å². The molecule has 0 heterocycles.